The van der Waals surface area contributed by atoms with Crippen molar-refractivity contribution in [3.05, 3.63) is 41.1 Å². The van der Waals surface area contributed by atoms with E-state index in [1.807, 2.05) is 31.3 Å². The van der Waals surface area contributed by atoms with Crippen LogP contribution in [-0.2, 0) is 4.74 Å². The molecule has 0 aliphatic carbocycles. The number of likely N-dealkylation sites (N-methyl/N-ethyl adjacent to an activating group) is 1. The molecule has 0 saturated heterocycles. The minimum Gasteiger partial charge on any atom is -0.496 e. The Morgan fingerprint density at radius 1 is 1.39 bits per heavy atom. The predicted molar refractivity (Wildman–Crippen MR) is 73.1 cm³/mol. The highest BCUT2D eigenvalue weighted by atomic mass is 35.5. The van der Waals surface area contributed by atoms with Gasteiger partial charge in [-0.15, -0.1) is 0 Å². The van der Waals surface area contributed by atoms with Crippen LogP contribution in [0.5, 0.6) is 5.75 Å². The molecule has 0 saturated carbocycles. The van der Waals surface area contributed by atoms with E-state index in [1.165, 1.54) is 0 Å². The summed E-state index contributed by atoms with van der Waals surface area (Å²) in [5.74, 6) is 1.80. The van der Waals surface area contributed by atoms with Crippen LogP contribution in [0.1, 0.15) is 12.8 Å². The fourth-order valence-electron chi connectivity index (χ4n) is 1.84. The maximum absolute atomic E-state index is 5.83. The number of nitrogens with one attached hydrogen (secondary N) is 1. The molecular weight excluding hydrogens is 250 g/mol. The number of allylic oxidation sites excluding steroid dienone is 1. The number of rotatable bonds is 5. The summed E-state index contributed by atoms with van der Waals surface area (Å²) in [6, 6.07) is 7.47. The maximum atomic E-state index is 5.83. The van der Waals surface area contributed by atoms with E-state index in [0.29, 0.717) is 11.6 Å². The van der Waals surface area contributed by atoms with Gasteiger partial charge in [-0.25, -0.2) is 0 Å². The van der Waals surface area contributed by atoms with Crippen LogP contribution in [-0.4, -0.2) is 26.3 Å². The Kier molecular flexibility index (Phi) is 4.90. The van der Waals surface area contributed by atoms with Gasteiger partial charge in [0.2, 0.25) is 0 Å². The number of hydrogen-bond donors (Lipinski definition) is 1. The summed E-state index contributed by atoms with van der Waals surface area (Å²) in [7, 11) is 1.91. The molecule has 4 heteroatoms. The van der Waals surface area contributed by atoms with Crippen molar-refractivity contribution in [1.82, 2.24) is 5.32 Å². The van der Waals surface area contributed by atoms with Crippen LogP contribution in [0.2, 0.25) is 5.02 Å². The molecule has 0 aromatic heterocycles. The molecule has 98 valence electrons. The van der Waals surface area contributed by atoms with Crippen molar-refractivity contribution in [2.75, 3.05) is 20.3 Å². The smallest absolute Gasteiger partial charge is 0.119 e. The first kappa shape index (κ1) is 13.2. The Balaban J connectivity index is 1.90. The SMILES string of the molecule is CNC(COc1ccc(Cl)cc1)C1=CCCCO1. The number of benzene rings is 1. The number of ether oxygens (including phenoxy) is 2. The first-order chi connectivity index (χ1) is 8.79. The highest BCUT2D eigenvalue weighted by molar-refractivity contribution is 6.30. The summed E-state index contributed by atoms with van der Waals surface area (Å²) < 4.78 is 11.4. The monoisotopic (exact) mass is 267 g/mol. The van der Waals surface area contributed by atoms with Crippen molar-refractivity contribution >= 4 is 11.6 Å². The molecular formula is C14H18ClNO2. The van der Waals surface area contributed by atoms with Gasteiger partial charge in [-0.3, -0.25) is 0 Å². The van der Waals surface area contributed by atoms with Crippen molar-refractivity contribution in [1.29, 1.82) is 0 Å². The molecule has 18 heavy (non-hydrogen) atoms. The van der Waals surface area contributed by atoms with Crippen LogP contribution < -0.4 is 10.1 Å². The zero-order valence-electron chi connectivity index (χ0n) is 10.5. The molecule has 2 rings (SSSR count). The Labute approximate surface area is 113 Å². The average molecular weight is 268 g/mol. The standard InChI is InChI=1S/C14H18ClNO2/c1-16-13(14-4-2-3-9-17-14)10-18-12-7-5-11(15)6-8-12/h4-8,13,16H,2-3,9-10H2,1H3. The third-order valence-corrected chi connectivity index (χ3v) is 3.14. The lowest BCUT2D eigenvalue weighted by Gasteiger charge is -2.23. The van der Waals surface area contributed by atoms with Crippen molar-refractivity contribution in [2.45, 2.75) is 18.9 Å². The maximum Gasteiger partial charge on any atom is 0.119 e. The molecule has 1 heterocycles. The summed E-state index contributed by atoms with van der Waals surface area (Å²) in [4.78, 5) is 0. The lowest BCUT2D eigenvalue weighted by atomic mass is 10.1. The fraction of sp³-hybridized carbons (Fsp3) is 0.429. The quantitative estimate of drug-likeness (QED) is 0.890. The molecule has 1 aliphatic rings. The average Bonchev–Trinajstić information content (AvgIpc) is 2.43. The molecule has 1 aliphatic heterocycles. The minimum absolute atomic E-state index is 0.0981. The lowest BCUT2D eigenvalue weighted by Crippen LogP contribution is -2.35. The van der Waals surface area contributed by atoms with E-state index < -0.39 is 0 Å². The molecule has 1 N–H and O–H groups in total. The van der Waals surface area contributed by atoms with Crippen molar-refractivity contribution in [3.63, 3.8) is 0 Å². The van der Waals surface area contributed by atoms with Crippen molar-refractivity contribution in [3.8, 4) is 5.75 Å². The number of hydrogen-bond acceptors (Lipinski definition) is 3. The Hall–Kier alpha value is -1.19. The van der Waals surface area contributed by atoms with Gasteiger partial charge in [0, 0.05) is 5.02 Å². The van der Waals surface area contributed by atoms with Crippen LogP contribution in [0, 0.1) is 0 Å². The van der Waals surface area contributed by atoms with Gasteiger partial charge in [0.25, 0.3) is 0 Å². The molecule has 0 amide bonds. The molecule has 0 fully saturated rings. The molecule has 0 spiro atoms. The summed E-state index contributed by atoms with van der Waals surface area (Å²) in [6.07, 6.45) is 4.31. The van der Waals surface area contributed by atoms with Gasteiger partial charge < -0.3 is 14.8 Å². The zero-order valence-corrected chi connectivity index (χ0v) is 11.2. The largest absolute Gasteiger partial charge is 0.496 e. The van der Waals surface area contributed by atoms with E-state index >= 15 is 0 Å². The van der Waals surface area contributed by atoms with E-state index in [4.69, 9.17) is 21.1 Å². The molecule has 0 radical (unpaired) electrons. The number of halogens is 1. The second-order valence-corrected chi connectivity index (χ2v) is 4.64. The highest BCUT2D eigenvalue weighted by Crippen LogP contribution is 2.18. The van der Waals surface area contributed by atoms with Crippen LogP contribution in [0.4, 0.5) is 0 Å². The molecule has 1 unspecified atom stereocenters. The molecule has 1 aromatic rings. The normalized spacial score (nSPS) is 16.7. The summed E-state index contributed by atoms with van der Waals surface area (Å²) in [5, 5.41) is 3.92. The van der Waals surface area contributed by atoms with Gasteiger partial charge in [-0.05, 0) is 50.2 Å². The van der Waals surface area contributed by atoms with Crippen LogP contribution in [0.25, 0.3) is 0 Å². The summed E-state index contributed by atoms with van der Waals surface area (Å²) in [6.45, 7) is 1.34. The fourth-order valence-corrected chi connectivity index (χ4v) is 1.96. The summed E-state index contributed by atoms with van der Waals surface area (Å²) >= 11 is 5.83. The Morgan fingerprint density at radius 3 is 2.78 bits per heavy atom. The van der Waals surface area contributed by atoms with Gasteiger partial charge in [0.05, 0.1) is 12.6 Å². The van der Waals surface area contributed by atoms with Gasteiger partial charge in [-0.2, -0.15) is 0 Å². The van der Waals surface area contributed by atoms with E-state index in [-0.39, 0.29) is 6.04 Å². The molecule has 0 bridgehead atoms. The van der Waals surface area contributed by atoms with Crippen molar-refractivity contribution in [2.24, 2.45) is 0 Å². The lowest BCUT2D eigenvalue weighted by molar-refractivity contribution is 0.149. The predicted octanol–water partition coefficient (Wildman–Crippen LogP) is 3.00. The Morgan fingerprint density at radius 2 is 2.17 bits per heavy atom. The van der Waals surface area contributed by atoms with Gasteiger partial charge in [0.1, 0.15) is 18.1 Å². The van der Waals surface area contributed by atoms with E-state index in [9.17, 15) is 0 Å². The van der Waals surface area contributed by atoms with Gasteiger partial charge >= 0.3 is 0 Å². The Bertz CT molecular complexity index is 403. The highest BCUT2D eigenvalue weighted by Gasteiger charge is 2.16. The molecule has 1 atom stereocenters. The van der Waals surface area contributed by atoms with Crippen LogP contribution in [0.3, 0.4) is 0 Å². The third kappa shape index (κ3) is 3.65. The van der Waals surface area contributed by atoms with Gasteiger partial charge in [0.15, 0.2) is 0 Å². The van der Waals surface area contributed by atoms with Gasteiger partial charge in [-0.1, -0.05) is 11.6 Å². The molecule has 3 nitrogen and oxygen atoms in total. The van der Waals surface area contributed by atoms with E-state index in [1.54, 1.807) is 0 Å². The zero-order chi connectivity index (χ0) is 12.8. The first-order valence-electron chi connectivity index (χ1n) is 6.18. The second-order valence-electron chi connectivity index (χ2n) is 4.20. The minimum atomic E-state index is 0.0981. The first-order valence-corrected chi connectivity index (χ1v) is 6.56. The summed E-state index contributed by atoms with van der Waals surface area (Å²) in [5.41, 5.74) is 0. The van der Waals surface area contributed by atoms with Crippen molar-refractivity contribution < 1.29 is 9.47 Å². The third-order valence-electron chi connectivity index (χ3n) is 2.88. The molecule has 1 aromatic carbocycles. The van der Waals surface area contributed by atoms with Crippen LogP contribution >= 0.6 is 11.6 Å². The van der Waals surface area contributed by atoms with Crippen LogP contribution in [0.15, 0.2) is 36.1 Å². The van der Waals surface area contributed by atoms with E-state index in [2.05, 4.69) is 11.4 Å². The topological polar surface area (TPSA) is 30.5 Å². The second kappa shape index (κ2) is 6.66. The van der Waals surface area contributed by atoms with E-state index in [0.717, 1.165) is 31.0 Å².